The van der Waals surface area contributed by atoms with Crippen LogP contribution in [0.2, 0.25) is 0 Å². The Hall–Kier alpha value is -0.0800. The minimum Gasteiger partial charge on any atom is -0.330 e. The Morgan fingerprint density at radius 2 is 1.81 bits per heavy atom. The van der Waals surface area contributed by atoms with Crippen LogP contribution in [0.25, 0.3) is 0 Å². The second kappa shape index (κ2) is 10.1. The maximum Gasteiger partial charge on any atom is 0.00891 e. The Labute approximate surface area is 103 Å². The minimum atomic E-state index is 0.747. The predicted octanol–water partition coefficient (Wildman–Crippen LogP) is 3.08. The van der Waals surface area contributed by atoms with Gasteiger partial charge in [-0.2, -0.15) is 0 Å². The lowest BCUT2D eigenvalue weighted by Gasteiger charge is -2.26. The van der Waals surface area contributed by atoms with Crippen molar-refractivity contribution >= 4 is 0 Å². The zero-order valence-corrected chi connectivity index (χ0v) is 11.5. The lowest BCUT2D eigenvalue weighted by Crippen LogP contribution is -2.28. The van der Waals surface area contributed by atoms with Gasteiger partial charge in [-0.1, -0.05) is 26.7 Å². The van der Waals surface area contributed by atoms with Crippen LogP contribution >= 0.6 is 0 Å². The predicted molar refractivity (Wildman–Crippen MR) is 73.4 cm³/mol. The Morgan fingerprint density at radius 3 is 2.25 bits per heavy atom. The summed E-state index contributed by atoms with van der Waals surface area (Å²) < 4.78 is 0. The Kier molecular flexibility index (Phi) is 10.0. The average molecular weight is 227 g/mol. The van der Waals surface area contributed by atoms with Gasteiger partial charge in [-0.3, -0.25) is 0 Å². The van der Waals surface area contributed by atoms with E-state index >= 15 is 0 Å². The Bertz CT molecular complexity index is 146. The van der Waals surface area contributed by atoms with Gasteiger partial charge < -0.3 is 10.6 Å². The van der Waals surface area contributed by atoms with Gasteiger partial charge in [0.1, 0.15) is 0 Å². The second-order valence-corrected chi connectivity index (χ2v) is 5.07. The highest BCUT2D eigenvalue weighted by molar-refractivity contribution is 4.70. The Balaban J connectivity index is 3.86. The molecule has 0 aliphatic carbocycles. The van der Waals surface area contributed by atoms with Crippen LogP contribution in [0.5, 0.6) is 0 Å². The monoisotopic (exact) mass is 227 g/mol. The lowest BCUT2D eigenvalue weighted by atomic mass is 9.91. The van der Waals surface area contributed by atoms with Crippen LogP contribution in [-0.4, -0.2) is 31.6 Å². The fourth-order valence-electron chi connectivity index (χ4n) is 2.26. The molecule has 0 bridgehead atoms. The van der Waals surface area contributed by atoms with Crippen molar-refractivity contribution < 1.29 is 0 Å². The van der Waals surface area contributed by atoms with E-state index in [-0.39, 0.29) is 0 Å². The molecule has 0 aromatic rings. The summed E-state index contributed by atoms with van der Waals surface area (Å²) in [6.07, 6.45) is 8.69. The van der Waals surface area contributed by atoms with Crippen molar-refractivity contribution in [3.05, 3.63) is 6.92 Å². The molecule has 0 saturated carbocycles. The van der Waals surface area contributed by atoms with Gasteiger partial charge in [-0.15, -0.1) is 0 Å². The molecule has 0 amide bonds. The fourth-order valence-corrected chi connectivity index (χ4v) is 2.26. The van der Waals surface area contributed by atoms with Crippen LogP contribution in [0, 0.1) is 12.8 Å². The molecule has 97 valence electrons. The first-order chi connectivity index (χ1) is 7.65. The van der Waals surface area contributed by atoms with Gasteiger partial charge in [-0.05, 0) is 58.7 Å². The largest absolute Gasteiger partial charge is 0.330 e. The maximum absolute atomic E-state index is 5.55. The molecule has 16 heavy (non-hydrogen) atoms. The molecule has 0 aromatic carbocycles. The van der Waals surface area contributed by atoms with Crippen molar-refractivity contribution in [1.82, 2.24) is 4.90 Å². The van der Waals surface area contributed by atoms with Crippen LogP contribution in [0.4, 0.5) is 0 Å². The van der Waals surface area contributed by atoms with E-state index < -0.39 is 0 Å². The molecule has 0 aliphatic heterocycles. The van der Waals surface area contributed by atoms with Crippen LogP contribution in [0.15, 0.2) is 0 Å². The van der Waals surface area contributed by atoms with Gasteiger partial charge in [0.15, 0.2) is 0 Å². The summed E-state index contributed by atoms with van der Waals surface area (Å²) >= 11 is 0. The van der Waals surface area contributed by atoms with E-state index in [0.29, 0.717) is 0 Å². The summed E-state index contributed by atoms with van der Waals surface area (Å²) in [7, 11) is 4.39. The topological polar surface area (TPSA) is 29.3 Å². The number of nitrogens with two attached hydrogens (primary N) is 1. The zero-order valence-electron chi connectivity index (χ0n) is 11.5. The first-order valence-corrected chi connectivity index (χ1v) is 6.81. The van der Waals surface area contributed by atoms with Crippen molar-refractivity contribution in [2.45, 2.75) is 57.9 Å². The van der Waals surface area contributed by atoms with E-state index in [9.17, 15) is 0 Å². The standard InChI is InChI=1S/C14H31N2/c1-5-8-14(16(3)4)11-10-13(6-2)9-7-12-15/h13-14H,2,5-12,15H2,1,3-4H3. The lowest BCUT2D eigenvalue weighted by molar-refractivity contribution is 0.242. The first-order valence-electron chi connectivity index (χ1n) is 6.81. The van der Waals surface area contributed by atoms with E-state index in [2.05, 4.69) is 32.8 Å². The number of hydrogen-bond donors (Lipinski definition) is 1. The SMILES string of the molecule is [CH2]CC(CCCN)CCC(CCC)N(C)C. The van der Waals surface area contributed by atoms with Crippen molar-refractivity contribution in [1.29, 1.82) is 0 Å². The summed E-state index contributed by atoms with van der Waals surface area (Å²) in [5.74, 6) is 0.780. The van der Waals surface area contributed by atoms with Gasteiger partial charge in [0, 0.05) is 6.04 Å². The molecule has 1 radical (unpaired) electrons. The highest BCUT2D eigenvalue weighted by atomic mass is 15.1. The average Bonchev–Trinajstić information content (AvgIpc) is 2.27. The quantitative estimate of drug-likeness (QED) is 0.621. The summed E-state index contributed by atoms with van der Waals surface area (Å²) in [5.41, 5.74) is 5.55. The summed E-state index contributed by atoms with van der Waals surface area (Å²) in [4.78, 5) is 2.37. The van der Waals surface area contributed by atoms with Crippen molar-refractivity contribution in [3.8, 4) is 0 Å². The fraction of sp³-hybridized carbons (Fsp3) is 0.929. The van der Waals surface area contributed by atoms with Crippen LogP contribution in [-0.2, 0) is 0 Å². The smallest absolute Gasteiger partial charge is 0.00891 e. The summed E-state index contributed by atoms with van der Waals surface area (Å²) in [5, 5.41) is 0. The molecule has 2 nitrogen and oxygen atoms in total. The van der Waals surface area contributed by atoms with Crippen LogP contribution < -0.4 is 5.73 Å². The van der Waals surface area contributed by atoms with E-state index in [1.807, 2.05) is 0 Å². The minimum absolute atomic E-state index is 0.747. The normalized spacial score (nSPS) is 15.4. The third kappa shape index (κ3) is 7.24. The molecule has 2 N–H and O–H groups in total. The zero-order chi connectivity index (χ0) is 12.4. The van der Waals surface area contributed by atoms with E-state index in [0.717, 1.165) is 31.3 Å². The van der Waals surface area contributed by atoms with Crippen LogP contribution in [0.3, 0.4) is 0 Å². The summed E-state index contributed by atoms with van der Waals surface area (Å²) in [6, 6.07) is 0.747. The van der Waals surface area contributed by atoms with Gasteiger partial charge >= 0.3 is 0 Å². The van der Waals surface area contributed by atoms with E-state index in [4.69, 9.17) is 5.73 Å². The van der Waals surface area contributed by atoms with Crippen molar-refractivity contribution in [3.63, 3.8) is 0 Å². The van der Waals surface area contributed by atoms with Crippen LogP contribution in [0.1, 0.15) is 51.9 Å². The Morgan fingerprint density at radius 1 is 1.12 bits per heavy atom. The van der Waals surface area contributed by atoms with Gasteiger partial charge in [0.2, 0.25) is 0 Å². The molecule has 0 aliphatic rings. The molecule has 0 saturated heterocycles. The molecule has 0 aromatic heterocycles. The van der Waals surface area contributed by atoms with Gasteiger partial charge in [0.25, 0.3) is 0 Å². The molecular formula is C14H31N2. The third-order valence-corrected chi connectivity index (χ3v) is 3.49. The second-order valence-electron chi connectivity index (χ2n) is 5.07. The highest BCUT2D eigenvalue weighted by Gasteiger charge is 2.13. The first kappa shape index (κ1) is 15.9. The van der Waals surface area contributed by atoms with Gasteiger partial charge in [-0.25, -0.2) is 0 Å². The number of rotatable bonds is 10. The molecule has 0 heterocycles. The number of hydrogen-bond acceptors (Lipinski definition) is 2. The third-order valence-electron chi connectivity index (χ3n) is 3.49. The number of nitrogens with zero attached hydrogens (tertiary/aromatic N) is 1. The molecule has 2 atom stereocenters. The molecule has 2 heteroatoms. The van der Waals surface area contributed by atoms with E-state index in [1.165, 1.54) is 32.1 Å². The molecule has 2 unspecified atom stereocenters. The van der Waals surface area contributed by atoms with Crippen molar-refractivity contribution in [2.75, 3.05) is 20.6 Å². The maximum atomic E-state index is 5.55. The molecular weight excluding hydrogens is 196 g/mol. The van der Waals surface area contributed by atoms with Gasteiger partial charge in [0.05, 0.1) is 0 Å². The highest BCUT2D eigenvalue weighted by Crippen LogP contribution is 2.20. The molecule has 0 fully saturated rings. The molecule has 0 spiro atoms. The van der Waals surface area contributed by atoms with E-state index in [1.54, 1.807) is 0 Å². The molecule has 0 rings (SSSR count). The summed E-state index contributed by atoms with van der Waals surface area (Å²) in [6.45, 7) is 7.14. The van der Waals surface area contributed by atoms with Crippen molar-refractivity contribution in [2.24, 2.45) is 11.7 Å².